The Morgan fingerprint density at radius 3 is 2.35 bits per heavy atom. The number of nitrogens with one attached hydrogen (secondary N) is 2. The molecule has 1 aliphatic heterocycles. The van der Waals surface area contributed by atoms with Crippen LogP contribution in [0.5, 0.6) is 0 Å². The number of aliphatic imine (C=N–C) groups is 1. The van der Waals surface area contributed by atoms with Gasteiger partial charge in [0.15, 0.2) is 5.96 Å². The highest BCUT2D eigenvalue weighted by Gasteiger charge is 2.08. The lowest BCUT2D eigenvalue weighted by molar-refractivity contribution is 0.282. The highest BCUT2D eigenvalue weighted by atomic mass is 127. The minimum Gasteiger partial charge on any atom is -0.356 e. The molecule has 2 heterocycles. The zero-order chi connectivity index (χ0) is 21.0. The predicted octanol–water partition coefficient (Wildman–Crippen LogP) is 3.45. The van der Waals surface area contributed by atoms with E-state index in [-0.39, 0.29) is 29.5 Å². The minimum absolute atomic E-state index is 0. The Kier molecular flexibility index (Phi) is 11.7. The third-order valence-electron chi connectivity index (χ3n) is 5.60. The van der Waals surface area contributed by atoms with Crippen LogP contribution in [0.25, 0.3) is 0 Å². The summed E-state index contributed by atoms with van der Waals surface area (Å²) in [6, 6.07) is 13.6. The second kappa shape index (κ2) is 14.2. The van der Waals surface area contributed by atoms with Crippen molar-refractivity contribution in [3.8, 4) is 0 Å². The molecule has 0 aliphatic carbocycles. The Balaban J connectivity index is 0.00000341. The fourth-order valence-corrected chi connectivity index (χ4v) is 3.83. The lowest BCUT2D eigenvalue weighted by atomic mass is 10.1. The normalized spacial score (nSPS) is 15.1. The molecule has 0 radical (unpaired) electrons. The van der Waals surface area contributed by atoms with Crippen molar-refractivity contribution < 1.29 is 0 Å². The van der Waals surface area contributed by atoms with Crippen LogP contribution in [0.4, 0.5) is 0 Å². The van der Waals surface area contributed by atoms with Crippen LogP contribution >= 0.6 is 24.0 Å². The van der Waals surface area contributed by atoms with E-state index in [0.717, 1.165) is 37.6 Å². The van der Waals surface area contributed by atoms with Crippen molar-refractivity contribution in [3.63, 3.8) is 0 Å². The third-order valence-corrected chi connectivity index (χ3v) is 5.60. The summed E-state index contributed by atoms with van der Waals surface area (Å²) < 4.78 is 1.71. The van der Waals surface area contributed by atoms with Crippen LogP contribution < -0.4 is 16.2 Å². The van der Waals surface area contributed by atoms with Crippen LogP contribution in [0.2, 0.25) is 0 Å². The number of halogens is 1. The van der Waals surface area contributed by atoms with Crippen LogP contribution in [0.1, 0.15) is 43.2 Å². The molecule has 7 heteroatoms. The van der Waals surface area contributed by atoms with Crippen LogP contribution in [-0.4, -0.2) is 48.7 Å². The van der Waals surface area contributed by atoms with Crippen molar-refractivity contribution in [1.82, 2.24) is 20.1 Å². The van der Waals surface area contributed by atoms with Gasteiger partial charge in [-0.05, 0) is 56.1 Å². The number of rotatable bonds is 8. The minimum atomic E-state index is 0. The van der Waals surface area contributed by atoms with Crippen molar-refractivity contribution in [1.29, 1.82) is 0 Å². The highest BCUT2D eigenvalue weighted by molar-refractivity contribution is 14.0. The van der Waals surface area contributed by atoms with Crippen LogP contribution in [-0.2, 0) is 13.1 Å². The van der Waals surface area contributed by atoms with Gasteiger partial charge in [0, 0.05) is 32.4 Å². The Bertz CT molecular complexity index is 842. The number of hydrogen-bond donors (Lipinski definition) is 2. The molecule has 0 unspecified atom stereocenters. The number of nitrogens with zero attached hydrogens (tertiary/aromatic N) is 3. The number of likely N-dealkylation sites (tertiary alicyclic amines) is 1. The van der Waals surface area contributed by atoms with Gasteiger partial charge in [-0.1, -0.05) is 43.2 Å². The fourth-order valence-electron chi connectivity index (χ4n) is 3.83. The molecule has 170 valence electrons. The van der Waals surface area contributed by atoms with Gasteiger partial charge < -0.3 is 20.1 Å². The quantitative estimate of drug-likeness (QED) is 0.235. The number of benzene rings is 1. The van der Waals surface area contributed by atoms with Crippen molar-refractivity contribution in [2.75, 3.05) is 33.2 Å². The second-order valence-corrected chi connectivity index (χ2v) is 7.95. The fraction of sp³-hybridized carbons (Fsp3) is 0.500. The molecular weight excluding hydrogens is 501 g/mol. The van der Waals surface area contributed by atoms with Gasteiger partial charge in [0.25, 0.3) is 5.56 Å². The summed E-state index contributed by atoms with van der Waals surface area (Å²) in [4.78, 5) is 18.8. The number of hydrogen-bond acceptors (Lipinski definition) is 3. The zero-order valence-electron chi connectivity index (χ0n) is 18.6. The summed E-state index contributed by atoms with van der Waals surface area (Å²) in [7, 11) is 1.81. The smallest absolute Gasteiger partial charge is 0.250 e. The van der Waals surface area contributed by atoms with Gasteiger partial charge in [-0.3, -0.25) is 9.79 Å². The summed E-state index contributed by atoms with van der Waals surface area (Å²) in [5, 5.41) is 6.80. The lowest BCUT2D eigenvalue weighted by Gasteiger charge is -2.20. The van der Waals surface area contributed by atoms with E-state index in [9.17, 15) is 4.79 Å². The van der Waals surface area contributed by atoms with Crippen LogP contribution in [0.3, 0.4) is 0 Å². The molecule has 0 saturated carbocycles. The average Bonchev–Trinajstić information content (AvgIpc) is 3.05. The molecule has 2 aromatic rings. The largest absolute Gasteiger partial charge is 0.356 e. The molecule has 6 nitrogen and oxygen atoms in total. The summed E-state index contributed by atoms with van der Waals surface area (Å²) in [5.41, 5.74) is 2.32. The Morgan fingerprint density at radius 2 is 1.68 bits per heavy atom. The van der Waals surface area contributed by atoms with Gasteiger partial charge in [-0.25, -0.2) is 0 Å². The summed E-state index contributed by atoms with van der Waals surface area (Å²) in [5.74, 6) is 0.839. The molecule has 2 N–H and O–H groups in total. The van der Waals surface area contributed by atoms with Crippen molar-refractivity contribution in [3.05, 3.63) is 70.1 Å². The first-order chi connectivity index (χ1) is 14.7. The maximum absolute atomic E-state index is 11.8. The van der Waals surface area contributed by atoms with Gasteiger partial charge in [0.1, 0.15) is 0 Å². The molecule has 1 saturated heterocycles. The Morgan fingerprint density at radius 1 is 0.968 bits per heavy atom. The van der Waals surface area contributed by atoms with Gasteiger partial charge in [0.05, 0.1) is 6.54 Å². The van der Waals surface area contributed by atoms with Crippen LogP contribution in [0.15, 0.2) is 58.4 Å². The standard InChI is InChI=1S/C24H35N5O.HI/c1-25-24(26-14-8-17-28-15-5-2-3-6-16-28)27-19-21-10-12-22(13-11-21)20-29-18-7-4-9-23(29)30;/h4,7,9-13,18H,2-3,5-6,8,14-17,19-20H2,1H3,(H2,25,26,27);1H. The molecule has 0 bridgehead atoms. The second-order valence-electron chi connectivity index (χ2n) is 7.95. The maximum atomic E-state index is 11.8. The summed E-state index contributed by atoms with van der Waals surface area (Å²) in [6.45, 7) is 5.91. The van der Waals surface area contributed by atoms with Gasteiger partial charge in [-0.2, -0.15) is 0 Å². The van der Waals surface area contributed by atoms with Gasteiger partial charge in [-0.15, -0.1) is 24.0 Å². The number of guanidine groups is 1. The van der Waals surface area contributed by atoms with E-state index in [1.165, 1.54) is 44.3 Å². The third kappa shape index (κ3) is 9.03. The summed E-state index contributed by atoms with van der Waals surface area (Å²) in [6.07, 6.45) is 8.41. The van der Waals surface area contributed by atoms with Crippen LogP contribution in [0, 0.1) is 0 Å². The topological polar surface area (TPSA) is 61.7 Å². The maximum Gasteiger partial charge on any atom is 0.250 e. The molecule has 0 amide bonds. The van der Waals surface area contributed by atoms with E-state index in [0.29, 0.717) is 6.54 Å². The van der Waals surface area contributed by atoms with Crippen molar-refractivity contribution >= 4 is 29.9 Å². The van der Waals surface area contributed by atoms with Gasteiger partial charge >= 0.3 is 0 Å². The molecule has 0 spiro atoms. The monoisotopic (exact) mass is 537 g/mol. The molecular formula is C24H36IN5O. The Hall–Kier alpha value is -1.87. The van der Waals surface area contributed by atoms with E-state index in [1.54, 1.807) is 16.7 Å². The Labute approximate surface area is 203 Å². The molecule has 1 aliphatic rings. The van der Waals surface area contributed by atoms with E-state index < -0.39 is 0 Å². The molecule has 0 atom stereocenters. The average molecular weight is 537 g/mol. The first kappa shape index (κ1) is 25.4. The molecule has 1 aromatic heterocycles. The van der Waals surface area contributed by atoms with E-state index in [4.69, 9.17) is 0 Å². The number of pyridine rings is 1. The highest BCUT2D eigenvalue weighted by Crippen LogP contribution is 2.09. The molecule has 31 heavy (non-hydrogen) atoms. The first-order valence-corrected chi connectivity index (χ1v) is 11.1. The van der Waals surface area contributed by atoms with E-state index in [1.807, 2.05) is 19.3 Å². The predicted molar refractivity (Wildman–Crippen MR) is 139 cm³/mol. The lowest BCUT2D eigenvalue weighted by Crippen LogP contribution is -2.38. The molecule has 1 fully saturated rings. The van der Waals surface area contributed by atoms with Crippen molar-refractivity contribution in [2.45, 2.75) is 45.2 Å². The van der Waals surface area contributed by atoms with Gasteiger partial charge in [0.2, 0.25) is 0 Å². The molecule has 1 aromatic carbocycles. The van der Waals surface area contributed by atoms with E-state index in [2.05, 4.69) is 44.8 Å². The molecule has 3 rings (SSSR count). The van der Waals surface area contributed by atoms with E-state index >= 15 is 0 Å². The SMILES string of the molecule is CN=C(NCCCN1CCCCCC1)NCc1ccc(Cn2ccccc2=O)cc1.I. The zero-order valence-corrected chi connectivity index (χ0v) is 20.9. The van der Waals surface area contributed by atoms with Crippen molar-refractivity contribution in [2.24, 2.45) is 4.99 Å². The summed E-state index contributed by atoms with van der Waals surface area (Å²) >= 11 is 0. The number of aromatic nitrogens is 1. The first-order valence-electron chi connectivity index (χ1n) is 11.1.